The topological polar surface area (TPSA) is 23.6 Å². The Balaban J connectivity index is 2.16. The van der Waals surface area contributed by atoms with Gasteiger partial charge in [0.25, 0.3) is 5.91 Å². The highest BCUT2D eigenvalue weighted by atomic mass is 32.2. The molecule has 1 aliphatic heterocycles. The van der Waals surface area contributed by atoms with Crippen molar-refractivity contribution in [3.63, 3.8) is 0 Å². The third kappa shape index (κ3) is 3.01. The normalized spacial score (nSPS) is 22.6. The van der Waals surface area contributed by atoms with Crippen molar-refractivity contribution in [2.45, 2.75) is 25.1 Å². The van der Waals surface area contributed by atoms with Gasteiger partial charge in [0.1, 0.15) is 0 Å². The molecule has 1 saturated heterocycles. The molecule has 0 saturated carbocycles. The first-order valence-corrected chi connectivity index (χ1v) is 8.28. The molecule has 0 bridgehead atoms. The highest BCUT2D eigenvalue weighted by Gasteiger charge is 2.36. The summed E-state index contributed by atoms with van der Waals surface area (Å²) in [4.78, 5) is 16.9. The summed E-state index contributed by atoms with van der Waals surface area (Å²) in [5.41, 5.74) is 3.23. The molecule has 0 radical (unpaired) electrons. The van der Waals surface area contributed by atoms with Gasteiger partial charge in [-0.05, 0) is 57.5 Å². The van der Waals surface area contributed by atoms with Crippen LogP contribution in [0.1, 0.15) is 21.5 Å². The number of hydrogen-bond donors (Lipinski definition) is 0. The van der Waals surface area contributed by atoms with E-state index in [1.165, 1.54) is 11.1 Å². The first kappa shape index (κ1) is 15.4. The van der Waals surface area contributed by atoms with Gasteiger partial charge in [-0.3, -0.25) is 4.79 Å². The van der Waals surface area contributed by atoms with Crippen LogP contribution in [-0.4, -0.2) is 60.4 Å². The van der Waals surface area contributed by atoms with Gasteiger partial charge in [-0.2, -0.15) is 11.8 Å². The summed E-state index contributed by atoms with van der Waals surface area (Å²) in [5, 5.41) is 0.500. The Labute approximate surface area is 126 Å². The molecule has 2 atom stereocenters. The standard InChI is InChI=1S/C16H24N2OS/c1-11-6-7-13(8-12(11)2)16(19)18-9-14(17(3)4)15(10-18)20-5/h6-8,14-15H,9-10H2,1-5H3/t14-,15-/m1/s1. The van der Waals surface area contributed by atoms with Crippen molar-refractivity contribution in [3.05, 3.63) is 34.9 Å². The lowest BCUT2D eigenvalue weighted by molar-refractivity contribution is 0.0783. The molecular formula is C16H24N2OS. The lowest BCUT2D eigenvalue weighted by Crippen LogP contribution is -2.37. The van der Waals surface area contributed by atoms with Gasteiger partial charge in [0.15, 0.2) is 0 Å². The molecular weight excluding hydrogens is 268 g/mol. The molecule has 0 spiro atoms. The maximum absolute atomic E-state index is 12.6. The maximum atomic E-state index is 12.6. The molecule has 20 heavy (non-hydrogen) atoms. The number of aryl methyl sites for hydroxylation is 2. The van der Waals surface area contributed by atoms with E-state index in [2.05, 4.69) is 39.1 Å². The van der Waals surface area contributed by atoms with Crippen LogP contribution in [0.4, 0.5) is 0 Å². The van der Waals surface area contributed by atoms with Crippen LogP contribution in [0.5, 0.6) is 0 Å². The third-order valence-electron chi connectivity index (χ3n) is 4.24. The lowest BCUT2D eigenvalue weighted by Gasteiger charge is -2.23. The minimum atomic E-state index is 0.163. The number of hydrogen-bond acceptors (Lipinski definition) is 3. The Morgan fingerprint density at radius 2 is 1.95 bits per heavy atom. The first-order valence-electron chi connectivity index (χ1n) is 6.99. The Bertz CT molecular complexity index is 501. The zero-order valence-electron chi connectivity index (χ0n) is 13.0. The Kier molecular flexibility index (Phi) is 4.76. The first-order chi connectivity index (χ1) is 9.43. The van der Waals surface area contributed by atoms with Crippen LogP contribution in [0, 0.1) is 13.8 Å². The minimum Gasteiger partial charge on any atom is -0.336 e. The van der Waals surface area contributed by atoms with E-state index in [1.807, 2.05) is 34.9 Å². The molecule has 1 amide bonds. The van der Waals surface area contributed by atoms with Gasteiger partial charge < -0.3 is 9.80 Å². The molecule has 3 nitrogen and oxygen atoms in total. The number of amides is 1. The van der Waals surface area contributed by atoms with Crippen molar-refractivity contribution in [1.29, 1.82) is 0 Å². The predicted molar refractivity (Wildman–Crippen MR) is 86.6 cm³/mol. The molecule has 0 aromatic heterocycles. The maximum Gasteiger partial charge on any atom is 0.253 e. The monoisotopic (exact) mass is 292 g/mol. The second-order valence-electron chi connectivity index (χ2n) is 5.81. The van der Waals surface area contributed by atoms with E-state index in [0.29, 0.717) is 11.3 Å². The molecule has 1 heterocycles. The average molecular weight is 292 g/mol. The van der Waals surface area contributed by atoms with Crippen LogP contribution >= 0.6 is 11.8 Å². The lowest BCUT2D eigenvalue weighted by atomic mass is 10.1. The molecule has 0 unspecified atom stereocenters. The van der Waals surface area contributed by atoms with Crippen molar-refractivity contribution < 1.29 is 4.79 Å². The quantitative estimate of drug-likeness (QED) is 0.855. The van der Waals surface area contributed by atoms with Crippen LogP contribution in [0.15, 0.2) is 18.2 Å². The van der Waals surface area contributed by atoms with Crippen LogP contribution in [0.25, 0.3) is 0 Å². The Morgan fingerprint density at radius 1 is 1.25 bits per heavy atom. The van der Waals surface area contributed by atoms with Crippen LogP contribution in [-0.2, 0) is 0 Å². The number of thioether (sulfide) groups is 1. The van der Waals surface area contributed by atoms with E-state index >= 15 is 0 Å². The zero-order valence-corrected chi connectivity index (χ0v) is 13.8. The summed E-state index contributed by atoms with van der Waals surface area (Å²) < 4.78 is 0. The van der Waals surface area contributed by atoms with E-state index in [1.54, 1.807) is 0 Å². The fourth-order valence-corrected chi connectivity index (χ4v) is 3.68. The number of likely N-dealkylation sites (tertiary alicyclic amines) is 1. The van der Waals surface area contributed by atoms with Crippen LogP contribution in [0.2, 0.25) is 0 Å². The summed E-state index contributed by atoms with van der Waals surface area (Å²) in [5.74, 6) is 0.163. The number of benzene rings is 1. The van der Waals surface area contributed by atoms with Crippen LogP contribution in [0.3, 0.4) is 0 Å². The fraction of sp³-hybridized carbons (Fsp3) is 0.562. The minimum absolute atomic E-state index is 0.163. The van der Waals surface area contributed by atoms with E-state index in [0.717, 1.165) is 18.7 Å². The van der Waals surface area contributed by atoms with Gasteiger partial charge in [0, 0.05) is 29.9 Å². The van der Waals surface area contributed by atoms with Crippen molar-refractivity contribution in [3.8, 4) is 0 Å². The number of rotatable bonds is 3. The van der Waals surface area contributed by atoms with Crippen molar-refractivity contribution in [2.75, 3.05) is 33.4 Å². The molecule has 2 rings (SSSR count). The number of carbonyl (C=O) groups excluding carboxylic acids is 1. The smallest absolute Gasteiger partial charge is 0.253 e. The van der Waals surface area contributed by atoms with Gasteiger partial charge >= 0.3 is 0 Å². The van der Waals surface area contributed by atoms with E-state index in [-0.39, 0.29) is 5.91 Å². The summed E-state index contributed by atoms with van der Waals surface area (Å²) in [6.07, 6.45) is 2.13. The highest BCUT2D eigenvalue weighted by Crippen LogP contribution is 2.25. The van der Waals surface area contributed by atoms with E-state index in [9.17, 15) is 4.79 Å². The molecule has 0 N–H and O–H groups in total. The second-order valence-corrected chi connectivity index (χ2v) is 6.89. The summed E-state index contributed by atoms with van der Waals surface area (Å²) in [6.45, 7) is 5.80. The Hall–Kier alpha value is -1.00. The molecule has 4 heteroatoms. The predicted octanol–water partition coefficient (Wildman–Crippen LogP) is 2.42. The van der Waals surface area contributed by atoms with Gasteiger partial charge in [-0.25, -0.2) is 0 Å². The number of nitrogens with zero attached hydrogens (tertiary/aromatic N) is 2. The fourth-order valence-electron chi connectivity index (χ4n) is 2.71. The van der Waals surface area contributed by atoms with Crippen molar-refractivity contribution in [1.82, 2.24) is 9.80 Å². The number of carbonyl (C=O) groups is 1. The third-order valence-corrected chi connectivity index (χ3v) is 5.31. The number of likely N-dealkylation sites (N-methyl/N-ethyl adjacent to an activating group) is 1. The van der Waals surface area contributed by atoms with Crippen LogP contribution < -0.4 is 0 Å². The van der Waals surface area contributed by atoms with Crippen molar-refractivity contribution in [2.24, 2.45) is 0 Å². The van der Waals surface area contributed by atoms with Gasteiger partial charge in [-0.1, -0.05) is 6.07 Å². The summed E-state index contributed by atoms with van der Waals surface area (Å²) in [6, 6.07) is 6.44. The molecule has 110 valence electrons. The summed E-state index contributed by atoms with van der Waals surface area (Å²) in [7, 11) is 4.19. The molecule has 1 aliphatic rings. The van der Waals surface area contributed by atoms with Gasteiger partial charge in [0.05, 0.1) is 0 Å². The van der Waals surface area contributed by atoms with E-state index < -0.39 is 0 Å². The second kappa shape index (κ2) is 6.19. The molecule has 1 aromatic carbocycles. The SMILES string of the molecule is CS[C@@H]1CN(C(=O)c2ccc(C)c(C)c2)C[C@H]1N(C)C. The van der Waals surface area contributed by atoms with Gasteiger partial charge in [0.2, 0.25) is 0 Å². The van der Waals surface area contributed by atoms with Crippen molar-refractivity contribution >= 4 is 17.7 Å². The zero-order chi connectivity index (χ0) is 14.9. The summed E-state index contributed by atoms with van der Waals surface area (Å²) >= 11 is 1.86. The average Bonchev–Trinajstić information content (AvgIpc) is 2.85. The molecule has 1 aromatic rings. The van der Waals surface area contributed by atoms with E-state index in [4.69, 9.17) is 0 Å². The molecule has 0 aliphatic carbocycles. The molecule has 1 fully saturated rings. The Morgan fingerprint density at radius 3 is 2.45 bits per heavy atom. The largest absolute Gasteiger partial charge is 0.336 e. The van der Waals surface area contributed by atoms with Gasteiger partial charge in [-0.15, -0.1) is 0 Å². The highest BCUT2D eigenvalue weighted by molar-refractivity contribution is 7.99.